The second kappa shape index (κ2) is 5.05. The first kappa shape index (κ1) is 12.2. The molecule has 0 spiro atoms. The smallest absolute Gasteiger partial charge is 0.0955 e. The van der Waals surface area contributed by atoms with Crippen LogP contribution in [0.4, 0.5) is 11.4 Å². The van der Waals surface area contributed by atoms with Crippen LogP contribution in [0.5, 0.6) is 0 Å². The fraction of sp³-hybridized carbons (Fsp3) is 0.400. The largest absolute Gasteiger partial charge is 0.398 e. The minimum Gasteiger partial charge on any atom is -0.398 e. The van der Waals surface area contributed by atoms with Gasteiger partial charge in [0.15, 0.2) is 0 Å². The first-order valence-corrected chi connectivity index (χ1v) is 6.75. The Morgan fingerprint density at radius 2 is 2.26 bits per heavy atom. The number of aromatic nitrogens is 1. The van der Waals surface area contributed by atoms with E-state index >= 15 is 0 Å². The summed E-state index contributed by atoms with van der Waals surface area (Å²) in [7, 11) is 0. The summed E-state index contributed by atoms with van der Waals surface area (Å²) in [5.41, 5.74) is 8.95. The summed E-state index contributed by atoms with van der Waals surface area (Å²) in [5.74, 6) is 0. The molecule has 1 aromatic heterocycles. The molecule has 0 bridgehead atoms. The van der Waals surface area contributed by atoms with Crippen LogP contribution in [-0.4, -0.2) is 30.8 Å². The van der Waals surface area contributed by atoms with E-state index in [9.17, 15) is 0 Å². The molecule has 100 valence electrons. The summed E-state index contributed by atoms with van der Waals surface area (Å²) in [6.45, 7) is 4.85. The summed E-state index contributed by atoms with van der Waals surface area (Å²) < 4.78 is 5.70. The van der Waals surface area contributed by atoms with E-state index in [1.807, 2.05) is 24.4 Å². The van der Waals surface area contributed by atoms with Crippen LogP contribution in [0.15, 0.2) is 30.5 Å². The Balaban J connectivity index is 2.06. The molecule has 2 N–H and O–H groups in total. The zero-order valence-electron chi connectivity index (χ0n) is 11.2. The van der Waals surface area contributed by atoms with Crippen LogP contribution in [0.2, 0.25) is 0 Å². The maximum atomic E-state index is 6.03. The Morgan fingerprint density at radius 3 is 3.16 bits per heavy atom. The quantitative estimate of drug-likeness (QED) is 0.797. The van der Waals surface area contributed by atoms with Gasteiger partial charge in [-0.1, -0.05) is 0 Å². The van der Waals surface area contributed by atoms with Crippen molar-refractivity contribution in [3.8, 4) is 0 Å². The maximum Gasteiger partial charge on any atom is 0.0955 e. The molecule has 2 aromatic rings. The number of pyridine rings is 1. The van der Waals surface area contributed by atoms with Gasteiger partial charge in [0.2, 0.25) is 0 Å². The van der Waals surface area contributed by atoms with Gasteiger partial charge < -0.3 is 15.4 Å². The molecule has 3 rings (SSSR count). The van der Waals surface area contributed by atoms with E-state index in [-0.39, 0.29) is 6.10 Å². The maximum absolute atomic E-state index is 6.03. The average Bonchev–Trinajstić information content (AvgIpc) is 2.64. The van der Waals surface area contributed by atoms with Crippen molar-refractivity contribution in [2.24, 2.45) is 0 Å². The van der Waals surface area contributed by atoms with E-state index in [0.717, 1.165) is 48.4 Å². The SMILES string of the molecule is CC1CN(c2ccc(N)c3cccnc23)CCCO1. The number of nitrogen functional groups attached to an aromatic ring is 1. The van der Waals surface area contributed by atoms with Crippen molar-refractivity contribution in [3.05, 3.63) is 30.5 Å². The summed E-state index contributed by atoms with van der Waals surface area (Å²) in [6.07, 6.45) is 3.12. The average molecular weight is 257 g/mol. The van der Waals surface area contributed by atoms with E-state index in [4.69, 9.17) is 10.5 Å². The third-order valence-corrected chi connectivity index (χ3v) is 3.58. The number of nitrogens with two attached hydrogens (primary N) is 1. The molecule has 1 aliphatic heterocycles. The minimum absolute atomic E-state index is 0.249. The molecule has 1 saturated heterocycles. The summed E-state index contributed by atoms with van der Waals surface area (Å²) in [6, 6.07) is 7.99. The Bertz CT molecular complexity index is 585. The van der Waals surface area contributed by atoms with Crippen molar-refractivity contribution in [1.29, 1.82) is 0 Å². The highest BCUT2D eigenvalue weighted by Crippen LogP contribution is 2.30. The molecular formula is C15H19N3O. The zero-order chi connectivity index (χ0) is 13.2. The molecule has 4 heteroatoms. The lowest BCUT2D eigenvalue weighted by Crippen LogP contribution is -2.30. The van der Waals surface area contributed by atoms with Crippen molar-refractivity contribution in [1.82, 2.24) is 4.98 Å². The van der Waals surface area contributed by atoms with E-state index in [1.165, 1.54) is 0 Å². The first-order valence-electron chi connectivity index (χ1n) is 6.75. The van der Waals surface area contributed by atoms with Crippen LogP contribution in [-0.2, 0) is 4.74 Å². The number of rotatable bonds is 1. The number of benzene rings is 1. The summed E-state index contributed by atoms with van der Waals surface area (Å²) in [4.78, 5) is 6.86. The predicted octanol–water partition coefficient (Wildman–Crippen LogP) is 2.43. The molecule has 0 radical (unpaired) electrons. The number of hydrogen-bond donors (Lipinski definition) is 1. The van der Waals surface area contributed by atoms with Gasteiger partial charge in [0.05, 0.1) is 17.3 Å². The second-order valence-electron chi connectivity index (χ2n) is 5.05. The van der Waals surface area contributed by atoms with E-state index < -0.39 is 0 Å². The van der Waals surface area contributed by atoms with Gasteiger partial charge in [-0.05, 0) is 37.6 Å². The lowest BCUT2D eigenvalue weighted by atomic mass is 10.1. The van der Waals surface area contributed by atoms with Crippen molar-refractivity contribution in [2.45, 2.75) is 19.4 Å². The zero-order valence-corrected chi connectivity index (χ0v) is 11.2. The van der Waals surface area contributed by atoms with Crippen LogP contribution < -0.4 is 10.6 Å². The Labute approximate surface area is 113 Å². The van der Waals surface area contributed by atoms with Crippen molar-refractivity contribution >= 4 is 22.3 Å². The highest BCUT2D eigenvalue weighted by atomic mass is 16.5. The molecule has 0 aliphatic carbocycles. The van der Waals surface area contributed by atoms with Crippen LogP contribution in [0.1, 0.15) is 13.3 Å². The molecule has 2 heterocycles. The van der Waals surface area contributed by atoms with Gasteiger partial charge in [0, 0.05) is 37.0 Å². The van der Waals surface area contributed by atoms with Crippen LogP contribution in [0.25, 0.3) is 10.9 Å². The van der Waals surface area contributed by atoms with E-state index in [2.05, 4.69) is 22.9 Å². The number of fused-ring (bicyclic) bond motifs is 1. The van der Waals surface area contributed by atoms with Gasteiger partial charge in [0.1, 0.15) is 0 Å². The first-order chi connectivity index (χ1) is 9.25. The number of anilines is 2. The molecule has 19 heavy (non-hydrogen) atoms. The van der Waals surface area contributed by atoms with Crippen LogP contribution >= 0.6 is 0 Å². The molecule has 1 aromatic carbocycles. The highest BCUT2D eigenvalue weighted by Gasteiger charge is 2.18. The lowest BCUT2D eigenvalue weighted by molar-refractivity contribution is 0.0821. The Morgan fingerprint density at radius 1 is 1.37 bits per heavy atom. The second-order valence-corrected chi connectivity index (χ2v) is 5.05. The fourth-order valence-electron chi connectivity index (χ4n) is 2.65. The number of nitrogens with zero attached hydrogens (tertiary/aromatic N) is 2. The van der Waals surface area contributed by atoms with Gasteiger partial charge in [-0.25, -0.2) is 0 Å². The number of ether oxygens (including phenoxy) is 1. The van der Waals surface area contributed by atoms with Gasteiger partial charge in [-0.2, -0.15) is 0 Å². The molecular weight excluding hydrogens is 238 g/mol. The molecule has 1 fully saturated rings. The molecule has 4 nitrogen and oxygen atoms in total. The summed E-state index contributed by atoms with van der Waals surface area (Å²) >= 11 is 0. The summed E-state index contributed by atoms with van der Waals surface area (Å²) in [5, 5.41) is 1.03. The van der Waals surface area contributed by atoms with Crippen LogP contribution in [0, 0.1) is 0 Å². The van der Waals surface area contributed by atoms with Crippen LogP contribution in [0.3, 0.4) is 0 Å². The number of hydrogen-bond acceptors (Lipinski definition) is 4. The fourth-order valence-corrected chi connectivity index (χ4v) is 2.65. The van der Waals surface area contributed by atoms with Crippen molar-refractivity contribution in [3.63, 3.8) is 0 Å². The van der Waals surface area contributed by atoms with Crippen molar-refractivity contribution in [2.75, 3.05) is 30.3 Å². The third-order valence-electron chi connectivity index (χ3n) is 3.58. The van der Waals surface area contributed by atoms with Gasteiger partial charge in [0.25, 0.3) is 0 Å². The topological polar surface area (TPSA) is 51.4 Å². The molecule has 0 amide bonds. The molecule has 1 atom stereocenters. The molecule has 1 aliphatic rings. The normalized spacial score (nSPS) is 20.5. The third kappa shape index (κ3) is 2.36. The van der Waals surface area contributed by atoms with Gasteiger partial charge >= 0.3 is 0 Å². The van der Waals surface area contributed by atoms with E-state index in [0.29, 0.717) is 0 Å². The lowest BCUT2D eigenvalue weighted by Gasteiger charge is -2.25. The highest BCUT2D eigenvalue weighted by molar-refractivity contribution is 5.98. The van der Waals surface area contributed by atoms with Gasteiger partial charge in [-0.3, -0.25) is 4.98 Å². The Hall–Kier alpha value is -1.81. The van der Waals surface area contributed by atoms with E-state index in [1.54, 1.807) is 0 Å². The van der Waals surface area contributed by atoms with Crippen molar-refractivity contribution < 1.29 is 4.74 Å². The molecule has 0 saturated carbocycles. The predicted molar refractivity (Wildman–Crippen MR) is 78.4 cm³/mol. The monoisotopic (exact) mass is 257 g/mol. The van der Waals surface area contributed by atoms with Gasteiger partial charge in [-0.15, -0.1) is 0 Å². The minimum atomic E-state index is 0.249. The standard InChI is InChI=1S/C15H19N3O/c1-11-10-18(8-3-9-19-11)14-6-5-13(16)12-4-2-7-17-15(12)14/h2,4-7,11H,3,8-10,16H2,1H3. The molecule has 1 unspecified atom stereocenters. The Kier molecular flexibility index (Phi) is 3.25.